The minimum atomic E-state index is -0.874. The van der Waals surface area contributed by atoms with Crippen molar-refractivity contribution in [1.29, 1.82) is 0 Å². The van der Waals surface area contributed by atoms with Crippen LogP contribution in [0.15, 0.2) is 24.3 Å². The van der Waals surface area contributed by atoms with Crippen molar-refractivity contribution in [3.63, 3.8) is 0 Å². The van der Waals surface area contributed by atoms with Crippen LogP contribution >= 0.6 is 0 Å². The minimum Gasteiger partial charge on any atom is -0.481 e. The van der Waals surface area contributed by atoms with Gasteiger partial charge in [-0.1, -0.05) is 31.2 Å². The average molecular weight is 194 g/mol. The number of carboxylic acids is 1. The molecule has 0 fully saturated rings. The van der Waals surface area contributed by atoms with E-state index in [9.17, 15) is 9.90 Å². The molecule has 0 aromatic heterocycles. The van der Waals surface area contributed by atoms with E-state index in [0.717, 1.165) is 5.56 Å². The molecule has 0 spiro atoms. The normalized spacial score (nSPS) is 12.4. The molecule has 0 saturated carbocycles. The van der Waals surface area contributed by atoms with Crippen molar-refractivity contribution in [1.82, 2.24) is 0 Å². The van der Waals surface area contributed by atoms with Crippen molar-refractivity contribution in [2.24, 2.45) is 0 Å². The zero-order valence-corrected chi connectivity index (χ0v) is 8.10. The van der Waals surface area contributed by atoms with Crippen molar-refractivity contribution in [3.8, 4) is 0 Å². The summed E-state index contributed by atoms with van der Waals surface area (Å²) in [6.07, 6.45) is -0.00491. The van der Waals surface area contributed by atoms with Crippen molar-refractivity contribution >= 4 is 5.97 Å². The highest BCUT2D eigenvalue weighted by Gasteiger charge is 2.11. The average Bonchev–Trinajstić information content (AvgIpc) is 2.16. The molecule has 14 heavy (non-hydrogen) atoms. The van der Waals surface area contributed by atoms with Crippen molar-refractivity contribution in [2.75, 3.05) is 0 Å². The first-order valence-corrected chi connectivity index (χ1v) is 4.62. The maximum atomic E-state index is 10.6. The number of rotatable bonds is 4. The first-order chi connectivity index (χ1) is 6.65. The fourth-order valence-corrected chi connectivity index (χ4v) is 1.40. The molecule has 1 aromatic carbocycles. The van der Waals surface area contributed by atoms with Crippen LogP contribution in [0.1, 0.15) is 30.6 Å². The number of carboxylic acid groups (broad SMARTS) is 1. The zero-order valence-electron chi connectivity index (χ0n) is 8.10. The summed E-state index contributed by atoms with van der Waals surface area (Å²) in [5, 5.41) is 18.3. The summed E-state index contributed by atoms with van der Waals surface area (Å²) in [4.78, 5) is 10.6. The summed E-state index contributed by atoms with van der Waals surface area (Å²) < 4.78 is 0. The Hall–Kier alpha value is -1.35. The number of aliphatic carboxylic acids is 1. The lowest BCUT2D eigenvalue weighted by Gasteiger charge is -2.12. The third-order valence-corrected chi connectivity index (χ3v) is 2.14. The summed E-state index contributed by atoms with van der Waals surface area (Å²) in [5.41, 5.74) is 1.41. The van der Waals surface area contributed by atoms with Crippen LogP contribution in [-0.4, -0.2) is 16.2 Å². The molecule has 0 radical (unpaired) electrons. The number of carbonyl (C=O) groups is 1. The second-order valence-electron chi connectivity index (χ2n) is 3.19. The molecule has 3 nitrogen and oxygen atoms in total. The van der Waals surface area contributed by atoms with Crippen molar-refractivity contribution in [2.45, 2.75) is 25.9 Å². The van der Waals surface area contributed by atoms with Gasteiger partial charge in [-0.2, -0.15) is 0 Å². The molecule has 1 atom stereocenters. The highest BCUT2D eigenvalue weighted by atomic mass is 16.4. The Morgan fingerprint density at radius 2 is 2.07 bits per heavy atom. The van der Waals surface area contributed by atoms with E-state index in [0.29, 0.717) is 12.0 Å². The Kier molecular flexibility index (Phi) is 3.65. The first-order valence-electron chi connectivity index (χ1n) is 4.62. The monoisotopic (exact) mass is 194 g/mol. The SMILES string of the molecule is CCC(O)c1ccccc1CC(=O)O. The van der Waals surface area contributed by atoms with E-state index in [2.05, 4.69) is 0 Å². The van der Waals surface area contributed by atoms with Gasteiger partial charge < -0.3 is 10.2 Å². The molecular weight excluding hydrogens is 180 g/mol. The minimum absolute atomic E-state index is 0.0345. The van der Waals surface area contributed by atoms with Crippen LogP contribution in [0, 0.1) is 0 Å². The fourth-order valence-electron chi connectivity index (χ4n) is 1.40. The van der Waals surface area contributed by atoms with Gasteiger partial charge in [-0.25, -0.2) is 0 Å². The lowest BCUT2D eigenvalue weighted by atomic mass is 9.99. The highest BCUT2D eigenvalue weighted by Crippen LogP contribution is 2.20. The van der Waals surface area contributed by atoms with E-state index < -0.39 is 12.1 Å². The molecule has 1 unspecified atom stereocenters. The van der Waals surface area contributed by atoms with Gasteiger partial charge in [0, 0.05) is 0 Å². The topological polar surface area (TPSA) is 57.5 Å². The number of hydrogen-bond donors (Lipinski definition) is 2. The molecule has 1 rings (SSSR count). The van der Waals surface area contributed by atoms with Gasteiger partial charge in [-0.05, 0) is 17.5 Å². The molecule has 0 heterocycles. The molecule has 0 aliphatic rings. The van der Waals surface area contributed by atoms with Crippen LogP contribution in [0.5, 0.6) is 0 Å². The Morgan fingerprint density at radius 3 is 2.64 bits per heavy atom. The van der Waals surface area contributed by atoms with Gasteiger partial charge >= 0.3 is 5.97 Å². The second kappa shape index (κ2) is 4.77. The van der Waals surface area contributed by atoms with Gasteiger partial charge in [0.2, 0.25) is 0 Å². The summed E-state index contributed by atoms with van der Waals surface area (Å²) in [6.45, 7) is 1.86. The summed E-state index contributed by atoms with van der Waals surface area (Å²) in [7, 11) is 0. The summed E-state index contributed by atoms with van der Waals surface area (Å²) in [5.74, 6) is -0.874. The van der Waals surface area contributed by atoms with E-state index in [1.165, 1.54) is 0 Å². The molecule has 76 valence electrons. The predicted molar refractivity (Wildman–Crippen MR) is 53.0 cm³/mol. The molecule has 0 aliphatic carbocycles. The van der Waals surface area contributed by atoms with Gasteiger partial charge in [0.15, 0.2) is 0 Å². The number of hydrogen-bond acceptors (Lipinski definition) is 2. The van der Waals surface area contributed by atoms with Crippen LogP contribution in [0.2, 0.25) is 0 Å². The van der Waals surface area contributed by atoms with Crippen molar-refractivity contribution < 1.29 is 15.0 Å². The molecule has 0 amide bonds. The first kappa shape index (κ1) is 10.7. The third kappa shape index (κ3) is 2.57. The Labute approximate surface area is 83.0 Å². The van der Waals surface area contributed by atoms with E-state index in [4.69, 9.17) is 5.11 Å². The highest BCUT2D eigenvalue weighted by molar-refractivity contribution is 5.70. The molecular formula is C11H14O3. The third-order valence-electron chi connectivity index (χ3n) is 2.14. The summed E-state index contributed by atoms with van der Waals surface area (Å²) in [6, 6.07) is 7.10. The van der Waals surface area contributed by atoms with Crippen LogP contribution in [0.3, 0.4) is 0 Å². The van der Waals surface area contributed by atoms with Gasteiger partial charge in [0.25, 0.3) is 0 Å². The van der Waals surface area contributed by atoms with Gasteiger partial charge in [-0.15, -0.1) is 0 Å². The van der Waals surface area contributed by atoms with E-state index in [1.54, 1.807) is 24.3 Å². The molecule has 0 aliphatic heterocycles. The van der Waals surface area contributed by atoms with Gasteiger partial charge in [0.1, 0.15) is 0 Å². The Bertz CT molecular complexity index is 320. The molecule has 1 aromatic rings. The van der Waals surface area contributed by atoms with Crippen LogP contribution < -0.4 is 0 Å². The van der Waals surface area contributed by atoms with E-state index in [-0.39, 0.29) is 6.42 Å². The largest absolute Gasteiger partial charge is 0.481 e. The number of aliphatic hydroxyl groups excluding tert-OH is 1. The van der Waals surface area contributed by atoms with E-state index >= 15 is 0 Å². The maximum absolute atomic E-state index is 10.6. The van der Waals surface area contributed by atoms with Crippen LogP contribution in [-0.2, 0) is 11.2 Å². The van der Waals surface area contributed by atoms with Gasteiger partial charge in [0.05, 0.1) is 12.5 Å². The van der Waals surface area contributed by atoms with Crippen molar-refractivity contribution in [3.05, 3.63) is 35.4 Å². The molecule has 0 bridgehead atoms. The maximum Gasteiger partial charge on any atom is 0.307 e. The lowest BCUT2D eigenvalue weighted by Crippen LogP contribution is -2.06. The fraction of sp³-hybridized carbons (Fsp3) is 0.364. The smallest absolute Gasteiger partial charge is 0.307 e. The van der Waals surface area contributed by atoms with Crippen LogP contribution in [0.4, 0.5) is 0 Å². The molecule has 2 N–H and O–H groups in total. The predicted octanol–water partition coefficient (Wildman–Crippen LogP) is 1.76. The quantitative estimate of drug-likeness (QED) is 0.767. The number of benzene rings is 1. The Morgan fingerprint density at radius 1 is 1.43 bits per heavy atom. The lowest BCUT2D eigenvalue weighted by molar-refractivity contribution is -0.136. The second-order valence-corrected chi connectivity index (χ2v) is 3.19. The zero-order chi connectivity index (χ0) is 10.6. The Balaban J connectivity index is 2.96. The summed E-state index contributed by atoms with van der Waals surface area (Å²) >= 11 is 0. The van der Waals surface area contributed by atoms with Crippen LogP contribution in [0.25, 0.3) is 0 Å². The molecule has 3 heteroatoms. The van der Waals surface area contributed by atoms with E-state index in [1.807, 2.05) is 6.92 Å². The standard InChI is InChI=1S/C11H14O3/c1-2-10(12)9-6-4-3-5-8(9)7-11(13)14/h3-6,10,12H,2,7H2,1H3,(H,13,14). The molecule has 0 saturated heterocycles. The number of aliphatic hydroxyl groups is 1. The van der Waals surface area contributed by atoms with Gasteiger partial charge in [-0.3, -0.25) is 4.79 Å².